The standard InChI is InChI=1S/C24H25N5O4/c1-28-17-3-2-9-24(28,18(23(32)33)12-22(30)31)14-29(13-17)21-7-6-20(26-27-21)15-4-5-19-16(11-15)8-10-25-19/h4-8,10-12,17,25H,2-3,9,13-14H2,1H3,(H,30,31)(H,32,33). The second-order valence-electron chi connectivity index (χ2n) is 8.83. The van der Waals surface area contributed by atoms with E-state index < -0.39 is 17.5 Å². The number of nitrogens with zero attached hydrogens (tertiary/aromatic N) is 4. The number of fused-ring (bicyclic) bond motifs is 3. The summed E-state index contributed by atoms with van der Waals surface area (Å²) >= 11 is 0. The molecule has 0 saturated carbocycles. The van der Waals surface area contributed by atoms with E-state index in [0.29, 0.717) is 25.3 Å². The second-order valence-corrected chi connectivity index (χ2v) is 8.83. The average molecular weight is 447 g/mol. The minimum Gasteiger partial charge on any atom is -0.478 e. The first-order valence-corrected chi connectivity index (χ1v) is 10.9. The van der Waals surface area contributed by atoms with Gasteiger partial charge in [-0.1, -0.05) is 6.07 Å². The highest BCUT2D eigenvalue weighted by Crippen LogP contribution is 2.42. The van der Waals surface area contributed by atoms with Crippen LogP contribution in [0.25, 0.3) is 22.2 Å². The van der Waals surface area contributed by atoms with Crippen molar-refractivity contribution >= 4 is 28.7 Å². The zero-order chi connectivity index (χ0) is 23.2. The van der Waals surface area contributed by atoms with Gasteiger partial charge in [0.15, 0.2) is 5.82 Å². The molecule has 9 nitrogen and oxygen atoms in total. The van der Waals surface area contributed by atoms with Gasteiger partial charge in [-0.2, -0.15) is 0 Å². The van der Waals surface area contributed by atoms with Crippen LogP contribution in [0.3, 0.4) is 0 Å². The first-order valence-electron chi connectivity index (χ1n) is 10.9. The highest BCUT2D eigenvalue weighted by Gasteiger charge is 2.51. The smallest absolute Gasteiger partial charge is 0.333 e. The summed E-state index contributed by atoms with van der Waals surface area (Å²) in [5.41, 5.74) is 1.79. The largest absolute Gasteiger partial charge is 0.478 e. The molecule has 1 aromatic carbocycles. The number of hydrogen-bond donors (Lipinski definition) is 3. The fourth-order valence-corrected chi connectivity index (χ4v) is 5.35. The number of aliphatic carboxylic acids is 2. The normalized spacial score (nSPS) is 23.6. The van der Waals surface area contributed by atoms with Gasteiger partial charge in [0.2, 0.25) is 0 Å². The number of anilines is 1. The fourth-order valence-electron chi connectivity index (χ4n) is 5.35. The lowest BCUT2D eigenvalue weighted by molar-refractivity contribution is -0.137. The summed E-state index contributed by atoms with van der Waals surface area (Å²) in [7, 11) is 1.89. The molecule has 4 heterocycles. The highest BCUT2D eigenvalue weighted by atomic mass is 16.4. The molecule has 0 aliphatic carbocycles. The van der Waals surface area contributed by atoms with Gasteiger partial charge in [-0.3, -0.25) is 4.90 Å². The van der Waals surface area contributed by atoms with E-state index >= 15 is 0 Å². The van der Waals surface area contributed by atoms with Crippen LogP contribution in [0.5, 0.6) is 0 Å². The molecule has 2 atom stereocenters. The van der Waals surface area contributed by atoms with Crippen molar-refractivity contribution in [2.45, 2.75) is 30.8 Å². The maximum atomic E-state index is 12.1. The van der Waals surface area contributed by atoms with E-state index in [0.717, 1.165) is 41.1 Å². The van der Waals surface area contributed by atoms with Crippen LogP contribution in [-0.2, 0) is 9.59 Å². The number of aromatic amines is 1. The number of aromatic nitrogens is 3. The van der Waals surface area contributed by atoms with E-state index in [2.05, 4.69) is 21.2 Å². The Morgan fingerprint density at radius 2 is 2.03 bits per heavy atom. The maximum absolute atomic E-state index is 12.1. The molecule has 2 aliphatic rings. The van der Waals surface area contributed by atoms with Crippen molar-refractivity contribution in [3.8, 4) is 11.3 Å². The van der Waals surface area contributed by atoms with Crippen LogP contribution < -0.4 is 4.90 Å². The minimum atomic E-state index is -1.25. The molecular formula is C24H25N5O4. The number of carbonyl (C=O) groups is 2. The second kappa shape index (κ2) is 8.00. The van der Waals surface area contributed by atoms with Gasteiger partial charge in [0.25, 0.3) is 0 Å². The lowest BCUT2D eigenvalue weighted by Crippen LogP contribution is -2.69. The van der Waals surface area contributed by atoms with Crippen molar-refractivity contribution in [2.75, 3.05) is 25.0 Å². The van der Waals surface area contributed by atoms with Gasteiger partial charge in [-0.15, -0.1) is 10.2 Å². The minimum absolute atomic E-state index is 0.0868. The molecule has 3 aromatic rings. The van der Waals surface area contributed by atoms with E-state index in [1.807, 2.05) is 53.4 Å². The number of carboxylic acid groups (broad SMARTS) is 2. The number of hydrogen-bond acceptors (Lipinski definition) is 6. The number of benzene rings is 1. The molecular weight excluding hydrogens is 422 g/mol. The van der Waals surface area contributed by atoms with Gasteiger partial charge in [0.1, 0.15) is 0 Å². The van der Waals surface area contributed by atoms with Crippen LogP contribution >= 0.6 is 0 Å². The lowest BCUT2D eigenvalue weighted by atomic mass is 9.75. The van der Waals surface area contributed by atoms with E-state index in [1.54, 1.807) is 0 Å². The molecule has 0 amide bonds. The fraction of sp³-hybridized carbons (Fsp3) is 0.333. The van der Waals surface area contributed by atoms with Crippen LogP contribution in [0.2, 0.25) is 0 Å². The number of likely N-dealkylation sites (N-methyl/N-ethyl adjacent to an activating group) is 1. The van der Waals surface area contributed by atoms with Gasteiger partial charge in [0.05, 0.1) is 16.8 Å². The van der Waals surface area contributed by atoms with Crippen molar-refractivity contribution in [3.63, 3.8) is 0 Å². The number of piperidine rings is 1. The van der Waals surface area contributed by atoms with Gasteiger partial charge in [0, 0.05) is 47.9 Å². The SMILES string of the molecule is CN1C2CCCC1(C(=CC(=O)O)C(=O)O)CN(c1ccc(-c3ccc4[nH]ccc4c3)nn1)C2. The number of carboxylic acids is 2. The molecule has 0 radical (unpaired) electrons. The van der Waals surface area contributed by atoms with E-state index in [1.165, 1.54) is 0 Å². The molecule has 2 bridgehead atoms. The van der Waals surface area contributed by atoms with Crippen LogP contribution in [-0.4, -0.2) is 74.0 Å². The van der Waals surface area contributed by atoms with Gasteiger partial charge < -0.3 is 20.1 Å². The Labute approximate surface area is 190 Å². The molecule has 2 unspecified atom stereocenters. The topological polar surface area (TPSA) is 123 Å². The van der Waals surface area contributed by atoms with Crippen molar-refractivity contribution in [2.24, 2.45) is 0 Å². The Kier molecular flexibility index (Phi) is 5.13. The molecule has 2 aromatic heterocycles. The molecule has 2 aliphatic heterocycles. The van der Waals surface area contributed by atoms with Crippen molar-refractivity contribution in [1.82, 2.24) is 20.1 Å². The third kappa shape index (κ3) is 3.64. The monoisotopic (exact) mass is 447 g/mol. The Balaban J connectivity index is 1.47. The first kappa shape index (κ1) is 21.1. The van der Waals surface area contributed by atoms with Crippen LogP contribution in [0.1, 0.15) is 19.3 Å². The first-order chi connectivity index (χ1) is 15.9. The summed E-state index contributed by atoms with van der Waals surface area (Å²) in [5, 5.41) is 29.2. The number of H-pyrrole nitrogens is 1. The van der Waals surface area contributed by atoms with E-state index in [4.69, 9.17) is 0 Å². The van der Waals surface area contributed by atoms with Crippen LogP contribution in [0.15, 0.2) is 54.2 Å². The molecule has 3 N–H and O–H groups in total. The molecule has 0 spiro atoms. The number of piperazine rings is 1. The summed E-state index contributed by atoms with van der Waals surface area (Å²) in [6.07, 6.45) is 5.07. The molecule has 33 heavy (non-hydrogen) atoms. The average Bonchev–Trinajstić information content (AvgIpc) is 3.25. The maximum Gasteiger partial charge on any atom is 0.333 e. The zero-order valence-electron chi connectivity index (χ0n) is 18.2. The predicted molar refractivity (Wildman–Crippen MR) is 123 cm³/mol. The number of rotatable bonds is 5. The Morgan fingerprint density at radius 3 is 2.76 bits per heavy atom. The quantitative estimate of drug-likeness (QED) is 0.510. The van der Waals surface area contributed by atoms with Crippen LogP contribution in [0, 0.1) is 0 Å². The molecule has 9 heteroatoms. The Bertz CT molecular complexity index is 1250. The Hall–Kier alpha value is -3.72. The highest BCUT2D eigenvalue weighted by molar-refractivity contribution is 5.97. The summed E-state index contributed by atoms with van der Waals surface area (Å²) in [4.78, 5) is 30.8. The summed E-state index contributed by atoms with van der Waals surface area (Å²) in [5.74, 6) is -1.79. The van der Waals surface area contributed by atoms with E-state index in [9.17, 15) is 19.8 Å². The van der Waals surface area contributed by atoms with Gasteiger partial charge in [-0.05, 0) is 56.6 Å². The van der Waals surface area contributed by atoms with Crippen molar-refractivity contribution in [1.29, 1.82) is 0 Å². The number of nitrogens with one attached hydrogen (secondary N) is 1. The lowest BCUT2D eigenvalue weighted by Gasteiger charge is -2.56. The van der Waals surface area contributed by atoms with E-state index in [-0.39, 0.29) is 11.6 Å². The molecule has 5 rings (SSSR count). The van der Waals surface area contributed by atoms with Crippen molar-refractivity contribution in [3.05, 3.63) is 54.2 Å². The summed E-state index contributed by atoms with van der Waals surface area (Å²) in [6, 6.07) is 12.0. The molecule has 2 fully saturated rings. The van der Waals surface area contributed by atoms with Crippen LogP contribution in [0.4, 0.5) is 5.82 Å². The zero-order valence-corrected chi connectivity index (χ0v) is 18.2. The molecule has 170 valence electrons. The Morgan fingerprint density at radius 1 is 1.18 bits per heavy atom. The third-order valence-corrected chi connectivity index (χ3v) is 7.06. The van der Waals surface area contributed by atoms with Gasteiger partial charge in [-0.25, -0.2) is 9.59 Å². The predicted octanol–water partition coefficient (Wildman–Crippen LogP) is 2.76. The summed E-state index contributed by atoms with van der Waals surface area (Å²) < 4.78 is 0. The summed E-state index contributed by atoms with van der Waals surface area (Å²) in [6.45, 7) is 1.02. The third-order valence-electron chi connectivity index (χ3n) is 7.06. The van der Waals surface area contributed by atoms with Gasteiger partial charge >= 0.3 is 11.9 Å². The van der Waals surface area contributed by atoms with Crippen molar-refractivity contribution < 1.29 is 19.8 Å². The molecule has 2 saturated heterocycles.